The van der Waals surface area contributed by atoms with Crippen molar-refractivity contribution in [3.8, 4) is 22.8 Å². The molecule has 1 heterocycles. The highest BCUT2D eigenvalue weighted by atomic mass is 16.5. The molecule has 0 aliphatic heterocycles. The Morgan fingerprint density at radius 1 is 1.11 bits per heavy atom. The molecule has 0 radical (unpaired) electrons. The molecular formula is C14H16N2O2. The average molecular weight is 244 g/mol. The summed E-state index contributed by atoms with van der Waals surface area (Å²) >= 11 is 0. The van der Waals surface area contributed by atoms with Crippen LogP contribution in [0.2, 0.25) is 0 Å². The van der Waals surface area contributed by atoms with E-state index in [1.165, 1.54) is 0 Å². The van der Waals surface area contributed by atoms with Crippen LogP contribution in [0.5, 0.6) is 11.5 Å². The van der Waals surface area contributed by atoms with Gasteiger partial charge in [-0.15, -0.1) is 0 Å². The van der Waals surface area contributed by atoms with Crippen LogP contribution in [-0.4, -0.2) is 19.2 Å². The molecule has 0 aliphatic carbocycles. The van der Waals surface area contributed by atoms with Gasteiger partial charge in [0, 0.05) is 0 Å². The predicted octanol–water partition coefficient (Wildman–Crippen LogP) is 2.66. The molecule has 94 valence electrons. The van der Waals surface area contributed by atoms with Gasteiger partial charge in [-0.25, -0.2) is 0 Å². The van der Waals surface area contributed by atoms with Crippen LogP contribution in [0.1, 0.15) is 5.56 Å². The molecule has 4 nitrogen and oxygen atoms in total. The molecule has 0 unspecified atom stereocenters. The normalized spacial score (nSPS) is 10.2. The van der Waals surface area contributed by atoms with Crippen LogP contribution in [0, 0.1) is 6.92 Å². The summed E-state index contributed by atoms with van der Waals surface area (Å²) in [6, 6.07) is 7.53. The number of rotatable bonds is 3. The van der Waals surface area contributed by atoms with Gasteiger partial charge in [-0.2, -0.15) is 0 Å². The van der Waals surface area contributed by atoms with Gasteiger partial charge in [0.15, 0.2) is 0 Å². The molecule has 0 amide bonds. The summed E-state index contributed by atoms with van der Waals surface area (Å²) in [5.74, 6) is 1.46. The zero-order chi connectivity index (χ0) is 13.1. The molecule has 4 heteroatoms. The summed E-state index contributed by atoms with van der Waals surface area (Å²) in [6.45, 7) is 1.96. The third-order valence-electron chi connectivity index (χ3n) is 2.76. The van der Waals surface area contributed by atoms with Crippen molar-refractivity contribution in [1.29, 1.82) is 0 Å². The third kappa shape index (κ3) is 2.09. The Bertz CT molecular complexity index is 545. The number of hydrogen-bond acceptors (Lipinski definition) is 4. The fourth-order valence-electron chi connectivity index (χ4n) is 1.94. The second-order valence-electron chi connectivity index (χ2n) is 3.97. The highest BCUT2D eigenvalue weighted by Gasteiger charge is 2.15. The van der Waals surface area contributed by atoms with Gasteiger partial charge in [0.25, 0.3) is 0 Å². The number of benzene rings is 1. The minimum absolute atomic E-state index is 0.644. The molecule has 0 saturated heterocycles. The molecule has 0 bridgehead atoms. The largest absolute Gasteiger partial charge is 0.496 e. The Morgan fingerprint density at radius 3 is 2.22 bits per heavy atom. The molecule has 0 spiro atoms. The van der Waals surface area contributed by atoms with Gasteiger partial charge in [-0.05, 0) is 30.7 Å². The summed E-state index contributed by atoms with van der Waals surface area (Å²) in [5.41, 5.74) is 9.01. The van der Waals surface area contributed by atoms with Crippen LogP contribution >= 0.6 is 0 Å². The van der Waals surface area contributed by atoms with Crippen molar-refractivity contribution in [3.63, 3.8) is 0 Å². The van der Waals surface area contributed by atoms with Crippen molar-refractivity contribution < 1.29 is 9.47 Å². The smallest absolute Gasteiger partial charge is 0.132 e. The summed E-state index contributed by atoms with van der Waals surface area (Å²) in [5, 5.41) is 0. The van der Waals surface area contributed by atoms with Crippen molar-refractivity contribution >= 4 is 5.69 Å². The van der Waals surface area contributed by atoms with Gasteiger partial charge in [-0.1, -0.05) is 6.07 Å². The number of pyridine rings is 1. The SMILES string of the molecule is COc1cccc(OC)c1-c1ncc(N)cc1C. The van der Waals surface area contributed by atoms with Crippen molar-refractivity contribution in [2.24, 2.45) is 0 Å². The molecule has 2 N–H and O–H groups in total. The van der Waals surface area contributed by atoms with Crippen molar-refractivity contribution in [2.45, 2.75) is 6.92 Å². The Hall–Kier alpha value is -2.23. The van der Waals surface area contributed by atoms with Gasteiger partial charge in [-0.3, -0.25) is 4.98 Å². The highest BCUT2D eigenvalue weighted by Crippen LogP contribution is 2.38. The van der Waals surface area contributed by atoms with E-state index < -0.39 is 0 Å². The van der Waals surface area contributed by atoms with Crippen LogP contribution in [-0.2, 0) is 0 Å². The van der Waals surface area contributed by atoms with Crippen molar-refractivity contribution in [3.05, 3.63) is 36.0 Å². The lowest BCUT2D eigenvalue weighted by Crippen LogP contribution is -1.97. The Morgan fingerprint density at radius 2 is 1.72 bits per heavy atom. The molecule has 2 aromatic rings. The van der Waals surface area contributed by atoms with E-state index in [0.717, 1.165) is 28.3 Å². The quantitative estimate of drug-likeness (QED) is 0.901. The van der Waals surface area contributed by atoms with Gasteiger partial charge in [0.05, 0.1) is 37.4 Å². The molecule has 2 rings (SSSR count). The number of nitrogens with two attached hydrogens (primary N) is 1. The molecule has 0 aliphatic rings. The van der Waals surface area contributed by atoms with E-state index in [4.69, 9.17) is 15.2 Å². The van der Waals surface area contributed by atoms with E-state index in [0.29, 0.717) is 5.69 Å². The van der Waals surface area contributed by atoms with Gasteiger partial charge >= 0.3 is 0 Å². The molecule has 18 heavy (non-hydrogen) atoms. The number of nitrogen functional groups attached to an aromatic ring is 1. The number of ether oxygens (including phenoxy) is 2. The minimum atomic E-state index is 0.644. The van der Waals surface area contributed by atoms with Gasteiger partial charge < -0.3 is 15.2 Å². The van der Waals surface area contributed by atoms with Crippen LogP contribution < -0.4 is 15.2 Å². The first kappa shape index (κ1) is 12.2. The van der Waals surface area contributed by atoms with Gasteiger partial charge in [0.2, 0.25) is 0 Å². The van der Waals surface area contributed by atoms with E-state index >= 15 is 0 Å². The minimum Gasteiger partial charge on any atom is -0.496 e. The van der Waals surface area contributed by atoms with Crippen LogP contribution in [0.15, 0.2) is 30.5 Å². The summed E-state index contributed by atoms with van der Waals surface area (Å²) in [6.07, 6.45) is 1.63. The van der Waals surface area contributed by atoms with Crippen molar-refractivity contribution in [1.82, 2.24) is 4.98 Å². The highest BCUT2D eigenvalue weighted by molar-refractivity contribution is 5.77. The number of aryl methyl sites for hydroxylation is 1. The van der Waals surface area contributed by atoms with Crippen LogP contribution in [0.3, 0.4) is 0 Å². The first-order valence-corrected chi connectivity index (χ1v) is 5.61. The number of aromatic nitrogens is 1. The fraction of sp³-hybridized carbons (Fsp3) is 0.214. The lowest BCUT2D eigenvalue weighted by molar-refractivity contribution is 0.397. The third-order valence-corrected chi connectivity index (χ3v) is 2.76. The number of nitrogens with zero attached hydrogens (tertiary/aromatic N) is 1. The molecule has 1 aromatic carbocycles. The maximum absolute atomic E-state index is 5.72. The zero-order valence-electron chi connectivity index (χ0n) is 10.7. The monoisotopic (exact) mass is 244 g/mol. The second-order valence-corrected chi connectivity index (χ2v) is 3.97. The fourth-order valence-corrected chi connectivity index (χ4v) is 1.94. The van der Waals surface area contributed by atoms with Crippen LogP contribution in [0.4, 0.5) is 5.69 Å². The molecule has 0 atom stereocenters. The lowest BCUT2D eigenvalue weighted by Gasteiger charge is -2.14. The summed E-state index contributed by atoms with van der Waals surface area (Å²) < 4.78 is 10.8. The first-order valence-electron chi connectivity index (χ1n) is 5.61. The standard InChI is InChI=1S/C14H16N2O2/c1-9-7-10(15)8-16-14(9)13-11(17-2)5-4-6-12(13)18-3/h4-8H,15H2,1-3H3. The maximum atomic E-state index is 5.72. The summed E-state index contributed by atoms with van der Waals surface area (Å²) in [4.78, 5) is 4.38. The van der Waals surface area contributed by atoms with Crippen LogP contribution in [0.25, 0.3) is 11.3 Å². The van der Waals surface area contributed by atoms with Gasteiger partial charge in [0.1, 0.15) is 11.5 Å². The summed E-state index contributed by atoms with van der Waals surface area (Å²) in [7, 11) is 3.26. The number of methoxy groups -OCH3 is 2. The van der Waals surface area contributed by atoms with Crippen molar-refractivity contribution in [2.75, 3.05) is 20.0 Å². The topological polar surface area (TPSA) is 57.4 Å². The molecule has 0 fully saturated rings. The zero-order valence-corrected chi connectivity index (χ0v) is 10.7. The predicted molar refractivity (Wildman–Crippen MR) is 71.9 cm³/mol. The van der Waals surface area contributed by atoms with E-state index in [1.807, 2.05) is 31.2 Å². The Balaban J connectivity index is 2.68. The van der Waals surface area contributed by atoms with E-state index in [9.17, 15) is 0 Å². The maximum Gasteiger partial charge on any atom is 0.132 e. The second kappa shape index (κ2) is 4.96. The van der Waals surface area contributed by atoms with E-state index in [1.54, 1.807) is 20.4 Å². The number of hydrogen-bond donors (Lipinski definition) is 1. The van der Waals surface area contributed by atoms with E-state index in [-0.39, 0.29) is 0 Å². The first-order chi connectivity index (χ1) is 8.67. The Kier molecular flexibility index (Phi) is 3.37. The average Bonchev–Trinajstić information content (AvgIpc) is 2.38. The lowest BCUT2D eigenvalue weighted by atomic mass is 10.0. The molecule has 0 saturated carbocycles. The Labute approximate surface area is 106 Å². The van der Waals surface area contributed by atoms with E-state index in [2.05, 4.69) is 4.98 Å². The number of anilines is 1. The molecular weight excluding hydrogens is 228 g/mol. The molecule has 1 aromatic heterocycles.